The van der Waals surface area contributed by atoms with Crippen LogP contribution in [0.1, 0.15) is 29.0 Å². The smallest absolute Gasteiger partial charge is 0.271 e. The molecule has 2 rings (SSSR count). The van der Waals surface area contributed by atoms with E-state index in [0.717, 1.165) is 5.56 Å². The topological polar surface area (TPSA) is 80.9 Å². The average Bonchev–Trinajstić information content (AvgIpc) is 2.40. The normalized spacial score (nSPS) is 11.8. The van der Waals surface area contributed by atoms with Gasteiger partial charge in [0, 0.05) is 0 Å². The van der Waals surface area contributed by atoms with E-state index in [1.807, 2.05) is 37.3 Å². The molecule has 2 aromatic rings. The first-order valence-corrected chi connectivity index (χ1v) is 5.60. The minimum atomic E-state index is -0.265. The van der Waals surface area contributed by atoms with Gasteiger partial charge in [-0.3, -0.25) is 4.79 Å². The molecule has 1 aromatic heterocycles. The molecular formula is C13H14N4O. The first-order chi connectivity index (χ1) is 8.66. The monoisotopic (exact) mass is 242 g/mol. The quantitative estimate of drug-likeness (QED) is 0.855. The zero-order chi connectivity index (χ0) is 13.0. The Bertz CT molecular complexity index is 524. The predicted octanol–water partition coefficient (Wildman–Crippen LogP) is 1.55. The van der Waals surface area contributed by atoms with E-state index in [2.05, 4.69) is 15.3 Å². The molecular weight excluding hydrogens is 228 g/mol. The van der Waals surface area contributed by atoms with Crippen LogP contribution in [-0.4, -0.2) is 15.9 Å². The molecule has 0 aliphatic rings. The van der Waals surface area contributed by atoms with Gasteiger partial charge in [-0.1, -0.05) is 30.3 Å². The van der Waals surface area contributed by atoms with E-state index in [4.69, 9.17) is 5.73 Å². The van der Waals surface area contributed by atoms with E-state index in [-0.39, 0.29) is 17.6 Å². The fourth-order valence-corrected chi connectivity index (χ4v) is 1.55. The molecule has 1 atom stereocenters. The molecule has 1 heterocycles. The summed E-state index contributed by atoms with van der Waals surface area (Å²) >= 11 is 0. The Morgan fingerprint density at radius 1 is 1.22 bits per heavy atom. The summed E-state index contributed by atoms with van der Waals surface area (Å²) in [5, 5.41) is 2.85. The number of nitrogens with one attached hydrogen (secondary N) is 1. The van der Waals surface area contributed by atoms with Gasteiger partial charge in [0.15, 0.2) is 0 Å². The van der Waals surface area contributed by atoms with Crippen molar-refractivity contribution in [3.05, 3.63) is 54.0 Å². The molecule has 0 fully saturated rings. The van der Waals surface area contributed by atoms with Gasteiger partial charge in [-0.15, -0.1) is 0 Å². The number of nitrogen functional groups attached to an aromatic ring is 1. The van der Waals surface area contributed by atoms with Crippen LogP contribution in [0.4, 0.5) is 5.82 Å². The summed E-state index contributed by atoms with van der Waals surface area (Å²) < 4.78 is 0. The molecule has 5 nitrogen and oxygen atoms in total. The second-order valence-corrected chi connectivity index (χ2v) is 3.93. The fraction of sp³-hybridized carbons (Fsp3) is 0.154. The van der Waals surface area contributed by atoms with Crippen LogP contribution in [-0.2, 0) is 0 Å². The molecule has 0 radical (unpaired) electrons. The lowest BCUT2D eigenvalue weighted by Gasteiger charge is -2.13. The summed E-state index contributed by atoms with van der Waals surface area (Å²) in [7, 11) is 0. The van der Waals surface area contributed by atoms with Crippen molar-refractivity contribution in [3.8, 4) is 0 Å². The van der Waals surface area contributed by atoms with Gasteiger partial charge < -0.3 is 11.1 Å². The number of carbonyl (C=O) groups excluding carboxylic acids is 1. The van der Waals surface area contributed by atoms with Crippen LogP contribution in [0, 0.1) is 0 Å². The van der Waals surface area contributed by atoms with Crippen molar-refractivity contribution in [1.82, 2.24) is 15.3 Å². The highest BCUT2D eigenvalue weighted by atomic mass is 16.1. The van der Waals surface area contributed by atoms with Gasteiger partial charge in [0.25, 0.3) is 5.91 Å². The zero-order valence-corrected chi connectivity index (χ0v) is 10.00. The number of nitrogens with zero attached hydrogens (tertiary/aromatic N) is 2. The molecule has 3 N–H and O–H groups in total. The Morgan fingerprint density at radius 3 is 2.56 bits per heavy atom. The molecule has 0 saturated carbocycles. The summed E-state index contributed by atoms with van der Waals surface area (Å²) in [6, 6.07) is 9.63. The minimum Gasteiger partial charge on any atom is -0.382 e. The number of benzene rings is 1. The zero-order valence-electron chi connectivity index (χ0n) is 10.00. The molecule has 0 aliphatic heterocycles. The van der Waals surface area contributed by atoms with Crippen molar-refractivity contribution in [1.29, 1.82) is 0 Å². The lowest BCUT2D eigenvalue weighted by Crippen LogP contribution is -2.27. The lowest BCUT2D eigenvalue weighted by atomic mass is 10.1. The molecule has 0 spiro atoms. The number of hydrogen-bond donors (Lipinski definition) is 2. The van der Waals surface area contributed by atoms with E-state index in [1.54, 1.807) is 0 Å². The van der Waals surface area contributed by atoms with Crippen LogP contribution in [0.3, 0.4) is 0 Å². The number of aromatic nitrogens is 2. The molecule has 18 heavy (non-hydrogen) atoms. The van der Waals surface area contributed by atoms with Crippen LogP contribution in [0.5, 0.6) is 0 Å². The van der Waals surface area contributed by atoms with Crippen molar-refractivity contribution in [3.63, 3.8) is 0 Å². The van der Waals surface area contributed by atoms with Crippen molar-refractivity contribution >= 4 is 11.7 Å². The van der Waals surface area contributed by atoms with Crippen LogP contribution in [0.25, 0.3) is 0 Å². The van der Waals surface area contributed by atoms with E-state index in [0.29, 0.717) is 5.82 Å². The molecule has 5 heteroatoms. The maximum Gasteiger partial charge on any atom is 0.271 e. The number of hydrogen-bond acceptors (Lipinski definition) is 4. The highest BCUT2D eigenvalue weighted by Crippen LogP contribution is 2.11. The molecule has 0 saturated heterocycles. The third-order valence-corrected chi connectivity index (χ3v) is 2.55. The summed E-state index contributed by atoms with van der Waals surface area (Å²) in [4.78, 5) is 19.6. The third kappa shape index (κ3) is 2.82. The summed E-state index contributed by atoms with van der Waals surface area (Å²) in [5.74, 6) is 0.0292. The molecule has 92 valence electrons. The summed E-state index contributed by atoms with van der Waals surface area (Å²) in [6.45, 7) is 1.91. The Hall–Kier alpha value is -2.43. The maximum absolute atomic E-state index is 11.9. The standard InChI is InChI=1S/C13H14N4O/c1-9(10-5-3-2-4-6-10)17-13(18)11-7-16-12(14)8-15-11/h2-9H,1H3,(H2,14,16)(H,17,18). The van der Waals surface area contributed by atoms with Crippen molar-refractivity contribution in [2.24, 2.45) is 0 Å². The van der Waals surface area contributed by atoms with Crippen LogP contribution < -0.4 is 11.1 Å². The molecule has 0 bridgehead atoms. The Labute approximate surface area is 105 Å². The van der Waals surface area contributed by atoms with Gasteiger partial charge in [-0.2, -0.15) is 0 Å². The summed E-state index contributed by atoms with van der Waals surface area (Å²) in [6.07, 6.45) is 2.73. The van der Waals surface area contributed by atoms with Gasteiger partial charge in [0.05, 0.1) is 18.4 Å². The number of carbonyl (C=O) groups is 1. The van der Waals surface area contributed by atoms with Gasteiger partial charge in [0.1, 0.15) is 11.5 Å². The van der Waals surface area contributed by atoms with Crippen LogP contribution in [0.15, 0.2) is 42.7 Å². The second kappa shape index (κ2) is 5.27. The highest BCUT2D eigenvalue weighted by Gasteiger charge is 2.12. The Balaban J connectivity index is 2.06. The van der Waals surface area contributed by atoms with Crippen LogP contribution in [0.2, 0.25) is 0 Å². The lowest BCUT2D eigenvalue weighted by molar-refractivity contribution is 0.0934. The van der Waals surface area contributed by atoms with Gasteiger partial charge >= 0.3 is 0 Å². The largest absolute Gasteiger partial charge is 0.382 e. The van der Waals surface area contributed by atoms with E-state index in [9.17, 15) is 4.79 Å². The number of anilines is 1. The SMILES string of the molecule is CC(NC(=O)c1cnc(N)cn1)c1ccccc1. The minimum absolute atomic E-state index is 0.0851. The maximum atomic E-state index is 11.9. The number of nitrogens with two attached hydrogens (primary N) is 1. The van der Waals surface area contributed by atoms with Crippen molar-refractivity contribution in [2.45, 2.75) is 13.0 Å². The first-order valence-electron chi connectivity index (χ1n) is 5.60. The second-order valence-electron chi connectivity index (χ2n) is 3.93. The van der Waals surface area contributed by atoms with Gasteiger partial charge in [-0.25, -0.2) is 9.97 Å². The Kier molecular flexibility index (Phi) is 3.52. The fourth-order valence-electron chi connectivity index (χ4n) is 1.55. The van der Waals surface area contributed by atoms with Crippen molar-refractivity contribution < 1.29 is 4.79 Å². The van der Waals surface area contributed by atoms with Crippen molar-refractivity contribution in [2.75, 3.05) is 5.73 Å². The molecule has 1 amide bonds. The van der Waals surface area contributed by atoms with E-state index in [1.165, 1.54) is 12.4 Å². The van der Waals surface area contributed by atoms with Crippen LogP contribution >= 0.6 is 0 Å². The van der Waals surface area contributed by atoms with E-state index < -0.39 is 0 Å². The summed E-state index contributed by atoms with van der Waals surface area (Å²) in [5.41, 5.74) is 6.71. The average molecular weight is 242 g/mol. The number of amides is 1. The molecule has 1 unspecified atom stereocenters. The molecule has 1 aromatic carbocycles. The third-order valence-electron chi connectivity index (χ3n) is 2.55. The van der Waals surface area contributed by atoms with Gasteiger partial charge in [-0.05, 0) is 12.5 Å². The Morgan fingerprint density at radius 2 is 1.94 bits per heavy atom. The van der Waals surface area contributed by atoms with E-state index >= 15 is 0 Å². The highest BCUT2D eigenvalue weighted by molar-refractivity contribution is 5.92. The number of rotatable bonds is 3. The van der Waals surface area contributed by atoms with Gasteiger partial charge in [0.2, 0.25) is 0 Å². The first kappa shape index (κ1) is 12.0. The molecule has 0 aliphatic carbocycles. The predicted molar refractivity (Wildman–Crippen MR) is 68.8 cm³/mol.